The van der Waals surface area contributed by atoms with Crippen LogP contribution in [0.25, 0.3) is 0 Å². The number of hydrogen-bond donors (Lipinski definition) is 6. The fourth-order valence-electron chi connectivity index (χ4n) is 5.18. The Bertz CT molecular complexity index is 1460. The number of aliphatic hydroxyl groups excluding tert-OH is 1. The van der Waals surface area contributed by atoms with Crippen LogP contribution in [0.5, 0.6) is 17.2 Å². The zero-order chi connectivity index (χ0) is 36.1. The van der Waals surface area contributed by atoms with Crippen molar-refractivity contribution in [2.24, 2.45) is 5.92 Å². The second-order valence-corrected chi connectivity index (χ2v) is 12.3. The molecule has 0 radical (unpaired) electrons. The number of rotatable bonds is 10. The third-order valence-electron chi connectivity index (χ3n) is 7.82. The lowest BCUT2D eigenvalue weighted by molar-refractivity contribution is -0.135. The van der Waals surface area contributed by atoms with Gasteiger partial charge >= 0.3 is 0 Å². The maximum Gasteiger partial charge on any atom is 0.255 e. The largest absolute Gasteiger partial charge is 0.493 e. The topological polar surface area (TPSA) is 193 Å². The first-order chi connectivity index (χ1) is 23.3. The van der Waals surface area contributed by atoms with Crippen LogP contribution in [0.3, 0.4) is 0 Å². The lowest BCUT2D eigenvalue weighted by Gasteiger charge is -2.27. The number of carbonyl (C=O) groups is 5. The van der Waals surface area contributed by atoms with Crippen molar-refractivity contribution in [3.63, 3.8) is 0 Å². The fraction of sp³-hybridized carbons (Fsp3) is 0.514. The molecule has 2 aromatic carbocycles. The highest BCUT2D eigenvalue weighted by Crippen LogP contribution is 2.28. The van der Waals surface area contributed by atoms with Crippen LogP contribution in [0.15, 0.2) is 42.5 Å². The van der Waals surface area contributed by atoms with Gasteiger partial charge in [0.1, 0.15) is 30.5 Å². The van der Waals surface area contributed by atoms with Crippen molar-refractivity contribution in [1.29, 1.82) is 0 Å². The number of carbonyl (C=O) groups excluding carboxylic acids is 5. The summed E-state index contributed by atoms with van der Waals surface area (Å²) >= 11 is 0. The minimum absolute atomic E-state index is 0.00468. The van der Waals surface area contributed by atoms with Gasteiger partial charge < -0.3 is 45.9 Å². The van der Waals surface area contributed by atoms with Crippen LogP contribution in [0.2, 0.25) is 0 Å². The summed E-state index contributed by atoms with van der Waals surface area (Å²) in [5.41, 5.74) is 1.08. The van der Waals surface area contributed by atoms with Gasteiger partial charge in [0.05, 0.1) is 37.8 Å². The molecule has 2 aromatic rings. The Morgan fingerprint density at radius 3 is 2.37 bits per heavy atom. The van der Waals surface area contributed by atoms with Gasteiger partial charge in [0.2, 0.25) is 23.6 Å². The minimum Gasteiger partial charge on any atom is -0.493 e. The smallest absolute Gasteiger partial charge is 0.255 e. The van der Waals surface area contributed by atoms with Crippen LogP contribution in [0.4, 0.5) is 0 Å². The molecule has 5 amide bonds. The summed E-state index contributed by atoms with van der Waals surface area (Å²) in [4.78, 5) is 66.6. The number of hydrogen-bond acceptors (Lipinski definition) is 9. The maximum absolute atomic E-state index is 13.5. The second kappa shape index (κ2) is 18.6. The van der Waals surface area contributed by atoms with Gasteiger partial charge in [0.15, 0.2) is 11.5 Å². The molecule has 6 N–H and O–H groups in total. The first-order valence-corrected chi connectivity index (χ1v) is 16.5. The van der Waals surface area contributed by atoms with Crippen LogP contribution in [-0.4, -0.2) is 91.8 Å². The number of nitrogens with one attached hydrogen (secondary N) is 5. The summed E-state index contributed by atoms with van der Waals surface area (Å²) in [5.74, 6) is -2.23. The Morgan fingerprint density at radius 2 is 1.69 bits per heavy atom. The van der Waals surface area contributed by atoms with Gasteiger partial charge in [-0.25, -0.2) is 0 Å². The van der Waals surface area contributed by atoms with Gasteiger partial charge in [-0.1, -0.05) is 32.0 Å². The van der Waals surface area contributed by atoms with Crippen molar-refractivity contribution in [3.8, 4) is 17.2 Å². The summed E-state index contributed by atoms with van der Waals surface area (Å²) in [6.07, 6.45) is -0.746. The first-order valence-electron chi connectivity index (χ1n) is 16.5. The third kappa shape index (κ3) is 11.4. The van der Waals surface area contributed by atoms with E-state index >= 15 is 0 Å². The van der Waals surface area contributed by atoms with E-state index in [2.05, 4.69) is 26.6 Å². The highest BCUT2D eigenvalue weighted by Gasteiger charge is 2.33. The first kappa shape index (κ1) is 38.6. The van der Waals surface area contributed by atoms with Crippen molar-refractivity contribution in [2.75, 3.05) is 26.9 Å². The molecule has 5 atom stereocenters. The van der Waals surface area contributed by atoms with Gasteiger partial charge in [-0.15, -0.1) is 0 Å². The van der Waals surface area contributed by atoms with Crippen molar-refractivity contribution in [1.82, 2.24) is 26.6 Å². The summed E-state index contributed by atoms with van der Waals surface area (Å²) in [6, 6.07) is 7.72. The molecule has 0 aliphatic carbocycles. The minimum atomic E-state index is -1.44. The number of ether oxygens (including phenoxy) is 3. The molecule has 1 heterocycles. The Morgan fingerprint density at radius 1 is 0.980 bits per heavy atom. The van der Waals surface area contributed by atoms with Crippen LogP contribution < -0.4 is 40.8 Å². The van der Waals surface area contributed by atoms with Crippen molar-refractivity contribution >= 4 is 29.5 Å². The number of aliphatic hydroxyl groups is 1. The van der Waals surface area contributed by atoms with E-state index in [0.717, 1.165) is 5.56 Å². The lowest BCUT2D eigenvalue weighted by Crippen LogP contribution is -2.59. The van der Waals surface area contributed by atoms with E-state index in [9.17, 15) is 29.1 Å². The highest BCUT2D eigenvalue weighted by atomic mass is 16.5. The SMILES string of the molecule is CCOc1ccc(CCCNC(=O)[C@@H]2CC(=O)N[C@@H]([C@@H](C)O)C(=O)N[C@H](C(C)C)C(=O)N[C@@H](C)COc3ccccc3C(=O)N2)cc1OC. The monoisotopic (exact) mass is 683 g/mol. The van der Waals surface area contributed by atoms with E-state index in [4.69, 9.17) is 14.2 Å². The van der Waals surface area contributed by atoms with Crippen LogP contribution >= 0.6 is 0 Å². The molecular formula is C35H49N5O9. The van der Waals surface area contributed by atoms with Gasteiger partial charge in [-0.3, -0.25) is 24.0 Å². The Hall–Kier alpha value is -4.85. The van der Waals surface area contributed by atoms with Crippen LogP contribution in [0, 0.1) is 5.92 Å². The molecule has 0 aromatic heterocycles. The summed E-state index contributed by atoms with van der Waals surface area (Å²) in [6.45, 7) is 9.13. The molecule has 3 rings (SSSR count). The molecule has 0 fully saturated rings. The number of aryl methyl sites for hydroxylation is 1. The van der Waals surface area contributed by atoms with Crippen molar-refractivity contribution in [2.45, 2.75) is 84.2 Å². The normalized spacial score (nSPS) is 21.5. The molecule has 0 bridgehead atoms. The average molecular weight is 684 g/mol. The van der Waals surface area contributed by atoms with E-state index in [1.54, 1.807) is 46.1 Å². The number of amides is 5. The summed E-state index contributed by atoms with van der Waals surface area (Å²) < 4.78 is 16.9. The predicted octanol–water partition coefficient (Wildman–Crippen LogP) is 1.23. The van der Waals surface area contributed by atoms with E-state index in [1.165, 1.54) is 13.0 Å². The zero-order valence-electron chi connectivity index (χ0n) is 29.0. The third-order valence-corrected chi connectivity index (χ3v) is 7.82. The molecule has 0 unspecified atom stereocenters. The molecule has 14 nitrogen and oxygen atoms in total. The lowest BCUT2D eigenvalue weighted by atomic mass is 10.0. The second-order valence-electron chi connectivity index (χ2n) is 12.3. The molecular weight excluding hydrogens is 634 g/mol. The molecule has 1 aliphatic heterocycles. The standard InChI is InChI=1S/C35H49N5O9/c1-7-48-27-15-14-23(17-28(27)47-6)11-10-16-36-33(44)25-18-29(42)39-31(22(5)41)35(46)40-30(20(2)3)34(45)37-21(4)19-49-26-13-9-8-12-24(26)32(43)38-25/h8-9,12-15,17,20-22,25,30-31,41H,7,10-11,16,18-19H2,1-6H3,(H,36,44)(H,37,45)(H,38,43)(H,39,42)(H,40,46)/t21-,22+,25-,30+,31-/m0/s1. The molecule has 0 saturated carbocycles. The van der Waals surface area contributed by atoms with Crippen LogP contribution in [0.1, 0.15) is 63.4 Å². The number of benzene rings is 2. The number of methoxy groups -OCH3 is 1. The Kier molecular flexibility index (Phi) is 14.7. The van der Waals surface area contributed by atoms with E-state index in [-0.39, 0.29) is 30.4 Å². The molecule has 1 aliphatic rings. The Labute approximate surface area is 287 Å². The maximum atomic E-state index is 13.5. The number of fused-ring (bicyclic) bond motifs is 1. The van der Waals surface area contributed by atoms with Crippen LogP contribution in [-0.2, 0) is 25.6 Å². The van der Waals surface area contributed by atoms with Crippen molar-refractivity contribution in [3.05, 3.63) is 53.6 Å². The van der Waals surface area contributed by atoms with E-state index in [0.29, 0.717) is 30.9 Å². The fourth-order valence-corrected chi connectivity index (χ4v) is 5.18. The molecule has 268 valence electrons. The molecule has 0 spiro atoms. The molecule has 14 heteroatoms. The molecule has 0 saturated heterocycles. The number of para-hydroxylation sites is 1. The van der Waals surface area contributed by atoms with E-state index in [1.807, 2.05) is 25.1 Å². The summed E-state index contributed by atoms with van der Waals surface area (Å²) in [7, 11) is 1.56. The summed E-state index contributed by atoms with van der Waals surface area (Å²) in [5, 5.41) is 23.7. The van der Waals surface area contributed by atoms with Gasteiger partial charge in [0, 0.05) is 6.54 Å². The van der Waals surface area contributed by atoms with Gasteiger partial charge in [0.25, 0.3) is 5.91 Å². The van der Waals surface area contributed by atoms with Crippen molar-refractivity contribution < 1.29 is 43.3 Å². The van der Waals surface area contributed by atoms with Gasteiger partial charge in [-0.05, 0) is 69.4 Å². The highest BCUT2D eigenvalue weighted by molar-refractivity contribution is 6.01. The predicted molar refractivity (Wildman–Crippen MR) is 181 cm³/mol. The van der Waals surface area contributed by atoms with E-state index < -0.39 is 66.2 Å². The van der Waals surface area contributed by atoms with Gasteiger partial charge in [-0.2, -0.15) is 0 Å². The molecule has 49 heavy (non-hydrogen) atoms. The quantitative estimate of drug-likeness (QED) is 0.200. The Balaban J connectivity index is 1.83. The average Bonchev–Trinajstić information content (AvgIpc) is 3.06. The zero-order valence-corrected chi connectivity index (χ0v) is 29.0.